The smallest absolute Gasteiger partial charge is 0.410 e. The minimum atomic E-state index is -1.50. The summed E-state index contributed by atoms with van der Waals surface area (Å²) < 4.78 is 31.6. The molecule has 1 aliphatic heterocycles. The molecule has 2 aliphatic carbocycles. The molecule has 1 fully saturated rings. The third-order valence-corrected chi connectivity index (χ3v) is 11.0. The number of ether oxygens (including phenoxy) is 5. The number of aromatic hydroxyl groups is 1. The Labute approximate surface area is 343 Å². The lowest BCUT2D eigenvalue weighted by Gasteiger charge is -2.59. The summed E-state index contributed by atoms with van der Waals surface area (Å²) >= 11 is 0. The van der Waals surface area contributed by atoms with E-state index in [4.69, 9.17) is 33.7 Å². The topological polar surface area (TPSA) is 169 Å². The van der Waals surface area contributed by atoms with Gasteiger partial charge in [0.05, 0.1) is 51.3 Å². The Hall–Kier alpha value is -3.98. The second kappa shape index (κ2) is 21.9. The van der Waals surface area contributed by atoms with Crippen molar-refractivity contribution in [2.24, 2.45) is 22.9 Å². The summed E-state index contributed by atoms with van der Waals surface area (Å²) in [6.07, 6.45) is 7.90. The number of rotatable bonds is 23. The Morgan fingerprint density at radius 2 is 1.72 bits per heavy atom. The molecule has 3 aliphatic rings. The average molecular weight is 809 g/mol. The first-order valence-electron chi connectivity index (χ1n) is 20.8. The van der Waals surface area contributed by atoms with Crippen LogP contribution in [0.25, 0.3) is 0 Å². The van der Waals surface area contributed by atoms with Crippen LogP contribution in [-0.2, 0) is 30.4 Å². The van der Waals surface area contributed by atoms with Gasteiger partial charge in [-0.1, -0.05) is 60.5 Å². The summed E-state index contributed by atoms with van der Waals surface area (Å²) in [4.78, 5) is 22.2. The number of nitrogens with zero attached hydrogens (tertiary/aromatic N) is 2. The Kier molecular flexibility index (Phi) is 17.0. The van der Waals surface area contributed by atoms with Crippen molar-refractivity contribution in [3.8, 4) is 11.5 Å². The summed E-state index contributed by atoms with van der Waals surface area (Å²) in [6.45, 7) is 10.6. The molecule has 0 aromatic heterocycles. The van der Waals surface area contributed by atoms with Gasteiger partial charge in [-0.2, -0.15) is 0 Å². The first-order valence-corrected chi connectivity index (χ1v) is 20.8. The van der Waals surface area contributed by atoms with Crippen LogP contribution in [0.3, 0.4) is 0 Å². The van der Waals surface area contributed by atoms with Gasteiger partial charge in [0, 0.05) is 37.7 Å². The molecule has 13 heteroatoms. The number of carbonyl (C=O) groups excluding carboxylic acids is 1. The Balaban J connectivity index is 1.64. The van der Waals surface area contributed by atoms with Crippen molar-refractivity contribution in [3.05, 3.63) is 84.0 Å². The van der Waals surface area contributed by atoms with Crippen molar-refractivity contribution in [1.82, 2.24) is 4.90 Å². The van der Waals surface area contributed by atoms with Crippen molar-refractivity contribution < 1.29 is 53.7 Å². The van der Waals surface area contributed by atoms with Gasteiger partial charge in [-0.15, -0.1) is 6.58 Å². The lowest BCUT2D eigenvalue weighted by Crippen LogP contribution is -2.70. The highest BCUT2D eigenvalue weighted by Gasteiger charge is 2.65. The molecule has 0 saturated heterocycles. The molecule has 0 spiro atoms. The Morgan fingerprint density at radius 1 is 0.966 bits per heavy atom. The van der Waals surface area contributed by atoms with E-state index in [9.17, 15) is 25.2 Å². The molecule has 0 radical (unpaired) electrons. The van der Waals surface area contributed by atoms with Gasteiger partial charge < -0.3 is 48.9 Å². The Bertz CT molecular complexity index is 1660. The molecular weight excluding hydrogens is 744 g/mol. The zero-order valence-corrected chi connectivity index (χ0v) is 34.4. The number of aliphatic hydroxyl groups excluding tert-OH is 3. The van der Waals surface area contributed by atoms with E-state index >= 15 is 0 Å². The fourth-order valence-electron chi connectivity index (χ4n) is 8.59. The molecule has 6 atom stereocenters. The SMILES string of the molecule is C=CCO[C@@]12Oc3ccc(O)cc3[C@H]3[C@H](CCCCO)[C@@H](CCCCO)C=C(C(=NOC(C)(C)C)C[C@@H]1N(CCOCCO)C(=O)OCCOCc1ccccc1)[C@H]32. The largest absolute Gasteiger partial charge is 0.508 e. The van der Waals surface area contributed by atoms with E-state index in [1.54, 1.807) is 29.2 Å². The summed E-state index contributed by atoms with van der Waals surface area (Å²) in [5, 5.41) is 44.9. The van der Waals surface area contributed by atoms with E-state index in [-0.39, 0.29) is 89.3 Å². The molecule has 58 heavy (non-hydrogen) atoms. The van der Waals surface area contributed by atoms with E-state index < -0.39 is 29.4 Å². The fourth-order valence-corrected chi connectivity index (χ4v) is 8.59. The number of phenols is 1. The first-order chi connectivity index (χ1) is 28.1. The molecule has 1 amide bonds. The van der Waals surface area contributed by atoms with Crippen LogP contribution in [0.2, 0.25) is 0 Å². The summed E-state index contributed by atoms with van der Waals surface area (Å²) in [5.41, 5.74) is 2.72. The van der Waals surface area contributed by atoms with Gasteiger partial charge in [0.2, 0.25) is 5.79 Å². The van der Waals surface area contributed by atoms with Crippen molar-refractivity contribution in [3.63, 3.8) is 0 Å². The summed E-state index contributed by atoms with van der Waals surface area (Å²) in [7, 11) is 0. The highest BCUT2D eigenvalue weighted by molar-refractivity contribution is 6.03. The number of benzene rings is 2. The predicted molar refractivity (Wildman–Crippen MR) is 220 cm³/mol. The van der Waals surface area contributed by atoms with Gasteiger partial charge in [0.25, 0.3) is 0 Å². The van der Waals surface area contributed by atoms with Gasteiger partial charge in [-0.25, -0.2) is 4.79 Å². The van der Waals surface area contributed by atoms with Crippen LogP contribution in [0, 0.1) is 17.8 Å². The predicted octanol–water partition coefficient (Wildman–Crippen LogP) is 6.49. The summed E-state index contributed by atoms with van der Waals surface area (Å²) in [6, 6.07) is 14.0. The third kappa shape index (κ3) is 11.4. The first kappa shape index (κ1) is 45.1. The number of amides is 1. The van der Waals surface area contributed by atoms with Crippen molar-refractivity contribution in [2.75, 3.05) is 59.4 Å². The zero-order chi connectivity index (χ0) is 41.5. The van der Waals surface area contributed by atoms with E-state index in [1.807, 2.05) is 51.1 Å². The highest BCUT2D eigenvalue weighted by atomic mass is 16.7. The molecule has 2 aromatic carbocycles. The third-order valence-electron chi connectivity index (χ3n) is 11.0. The quantitative estimate of drug-likeness (QED) is 0.0551. The fraction of sp³-hybridized carbons (Fsp3) is 0.600. The van der Waals surface area contributed by atoms with Gasteiger partial charge in [0.1, 0.15) is 29.7 Å². The molecule has 320 valence electrons. The second-order valence-corrected chi connectivity index (χ2v) is 16.2. The monoisotopic (exact) mass is 808 g/mol. The lowest BCUT2D eigenvalue weighted by molar-refractivity contribution is -0.256. The van der Waals surface area contributed by atoms with Crippen molar-refractivity contribution in [2.45, 2.75) is 95.7 Å². The highest BCUT2D eigenvalue weighted by Crippen LogP contribution is 2.62. The number of unbranched alkanes of at least 4 members (excludes halogenated alkanes) is 2. The zero-order valence-electron chi connectivity index (χ0n) is 34.4. The average Bonchev–Trinajstić information content (AvgIpc) is 3.21. The normalized spacial score (nSPS) is 24.3. The van der Waals surface area contributed by atoms with Crippen LogP contribution >= 0.6 is 0 Å². The molecule has 1 saturated carbocycles. The van der Waals surface area contributed by atoms with Gasteiger partial charge in [-0.05, 0) is 87.6 Å². The number of phenolic OH excluding ortho intramolecular Hbond substituents is 1. The number of carbonyl (C=O) groups is 1. The molecular formula is C45H64N2O11. The van der Waals surface area contributed by atoms with Crippen LogP contribution in [0.1, 0.15) is 82.8 Å². The number of allylic oxidation sites excluding steroid dienone is 1. The number of hydrogen-bond acceptors (Lipinski definition) is 12. The molecule has 5 rings (SSSR count). The number of oxime groups is 1. The van der Waals surface area contributed by atoms with Crippen LogP contribution in [0.5, 0.6) is 11.5 Å². The number of hydrogen-bond donors (Lipinski definition) is 4. The van der Waals surface area contributed by atoms with Crippen LogP contribution < -0.4 is 4.74 Å². The van der Waals surface area contributed by atoms with E-state index in [0.717, 1.165) is 42.4 Å². The van der Waals surface area contributed by atoms with Gasteiger partial charge in [0.15, 0.2) is 0 Å². The van der Waals surface area contributed by atoms with Crippen LogP contribution in [-0.4, -0.2) is 114 Å². The minimum Gasteiger partial charge on any atom is -0.508 e. The maximum Gasteiger partial charge on any atom is 0.410 e. The van der Waals surface area contributed by atoms with E-state index in [2.05, 4.69) is 12.7 Å². The van der Waals surface area contributed by atoms with Crippen LogP contribution in [0.15, 0.2) is 78.0 Å². The van der Waals surface area contributed by atoms with E-state index in [0.29, 0.717) is 30.9 Å². The number of aliphatic hydroxyl groups is 3. The standard InChI is InChI=1S/C45H64N2O11/c1-5-23-56-45-40(47(19-24-53-25-22-50)43(52)55-27-26-54-31-32-13-7-6-8-14-32)30-38(46-58-44(2,3)4)36-28-33(15-9-11-20-48)35(16-10-12-21-49)41(42(36)45)37-29-34(51)17-18-39(37)57-45/h5-8,13-14,17-18,28-29,33,35,40-42,48-51H,1,9-12,15-16,19-27,30-31H2,2-4H3/t33-,35+,40-,41+,42+,45+/m0/s1. The molecule has 2 aromatic rings. The molecule has 0 unspecified atom stereocenters. The molecule has 1 heterocycles. The molecule has 0 bridgehead atoms. The number of fused-ring (bicyclic) bond motifs is 2. The van der Waals surface area contributed by atoms with Crippen LogP contribution in [0.4, 0.5) is 4.79 Å². The Morgan fingerprint density at radius 3 is 2.43 bits per heavy atom. The van der Waals surface area contributed by atoms with Gasteiger partial charge >= 0.3 is 6.09 Å². The summed E-state index contributed by atoms with van der Waals surface area (Å²) in [5.74, 6) is -1.64. The second-order valence-electron chi connectivity index (χ2n) is 16.2. The maximum atomic E-state index is 14.5. The molecule has 13 nitrogen and oxygen atoms in total. The maximum absolute atomic E-state index is 14.5. The minimum absolute atomic E-state index is 0.00809. The van der Waals surface area contributed by atoms with Crippen molar-refractivity contribution >= 4 is 11.8 Å². The van der Waals surface area contributed by atoms with Crippen molar-refractivity contribution in [1.29, 1.82) is 0 Å². The van der Waals surface area contributed by atoms with E-state index in [1.165, 1.54) is 0 Å². The van der Waals surface area contributed by atoms with Gasteiger partial charge in [-0.3, -0.25) is 4.90 Å². The lowest BCUT2D eigenvalue weighted by atomic mass is 9.55. The molecule has 4 N–H and O–H groups in total.